The minimum absolute atomic E-state index is 0.194. The van der Waals surface area contributed by atoms with E-state index in [1.165, 1.54) is 5.56 Å². The Morgan fingerprint density at radius 3 is 2.67 bits per heavy atom. The molecule has 1 heterocycles. The molecule has 0 radical (unpaired) electrons. The van der Waals surface area contributed by atoms with Crippen LogP contribution < -0.4 is 10.6 Å². The minimum atomic E-state index is 0.194. The third-order valence-electron chi connectivity index (χ3n) is 2.98. The average molecular weight is 206 g/mol. The van der Waals surface area contributed by atoms with Gasteiger partial charge in [-0.1, -0.05) is 30.3 Å². The molecule has 0 bridgehead atoms. The smallest absolute Gasteiger partial charge is 0.0515 e. The van der Waals surface area contributed by atoms with Gasteiger partial charge in [0.2, 0.25) is 0 Å². The van der Waals surface area contributed by atoms with Crippen LogP contribution in [0.1, 0.15) is 11.5 Å². The molecule has 0 saturated carbocycles. The van der Waals surface area contributed by atoms with E-state index in [0.717, 1.165) is 19.6 Å². The first-order chi connectivity index (χ1) is 7.42. The zero-order valence-electron chi connectivity index (χ0n) is 8.82. The van der Waals surface area contributed by atoms with Crippen molar-refractivity contribution in [2.75, 3.05) is 26.2 Å². The molecule has 3 nitrogen and oxygen atoms in total. The van der Waals surface area contributed by atoms with E-state index >= 15 is 0 Å². The summed E-state index contributed by atoms with van der Waals surface area (Å²) in [6, 6.07) is 10.5. The van der Waals surface area contributed by atoms with Crippen molar-refractivity contribution in [2.24, 2.45) is 0 Å². The lowest BCUT2D eigenvalue weighted by Gasteiger charge is -2.31. The van der Waals surface area contributed by atoms with E-state index in [1.807, 2.05) is 18.2 Å². The molecule has 0 spiro atoms. The molecular formula is C12H18N2O. The first-order valence-corrected chi connectivity index (χ1v) is 5.51. The van der Waals surface area contributed by atoms with Gasteiger partial charge in [-0.15, -0.1) is 0 Å². The topological polar surface area (TPSA) is 44.3 Å². The van der Waals surface area contributed by atoms with E-state index < -0.39 is 0 Å². The summed E-state index contributed by atoms with van der Waals surface area (Å²) in [5, 5.41) is 16.3. The van der Waals surface area contributed by atoms with E-state index in [2.05, 4.69) is 22.8 Å². The maximum absolute atomic E-state index is 9.46. The standard InChI is InChI=1S/C12H18N2O/c15-9-11(10-4-2-1-3-5-10)12-8-13-6-7-14-12/h1-5,11-15H,6-9H2/t11-,12?/m0/s1. The normalized spacial score (nSPS) is 23.7. The van der Waals surface area contributed by atoms with Crippen LogP contribution in [0.25, 0.3) is 0 Å². The fraction of sp³-hybridized carbons (Fsp3) is 0.500. The predicted molar refractivity (Wildman–Crippen MR) is 60.9 cm³/mol. The molecule has 3 N–H and O–H groups in total. The number of aliphatic hydroxyl groups is 1. The fourth-order valence-electron chi connectivity index (χ4n) is 2.13. The van der Waals surface area contributed by atoms with Gasteiger partial charge in [0.1, 0.15) is 0 Å². The maximum atomic E-state index is 9.46. The van der Waals surface area contributed by atoms with Gasteiger partial charge >= 0.3 is 0 Å². The Labute approximate surface area is 90.5 Å². The lowest BCUT2D eigenvalue weighted by molar-refractivity contribution is 0.224. The van der Waals surface area contributed by atoms with Gasteiger partial charge in [-0.3, -0.25) is 0 Å². The van der Waals surface area contributed by atoms with Crippen molar-refractivity contribution in [2.45, 2.75) is 12.0 Å². The van der Waals surface area contributed by atoms with Crippen LogP contribution in [0.3, 0.4) is 0 Å². The summed E-state index contributed by atoms with van der Waals surface area (Å²) in [6.07, 6.45) is 0. The van der Waals surface area contributed by atoms with Crippen LogP contribution in [0.5, 0.6) is 0 Å². The Kier molecular flexibility index (Phi) is 3.72. The Bertz CT molecular complexity index is 283. The Morgan fingerprint density at radius 2 is 2.07 bits per heavy atom. The van der Waals surface area contributed by atoms with Crippen LogP contribution in [-0.2, 0) is 0 Å². The van der Waals surface area contributed by atoms with E-state index in [9.17, 15) is 5.11 Å². The van der Waals surface area contributed by atoms with Crippen LogP contribution in [-0.4, -0.2) is 37.4 Å². The third-order valence-corrected chi connectivity index (χ3v) is 2.98. The summed E-state index contributed by atoms with van der Waals surface area (Å²) < 4.78 is 0. The molecule has 3 heteroatoms. The molecule has 0 amide bonds. The highest BCUT2D eigenvalue weighted by Crippen LogP contribution is 2.19. The van der Waals surface area contributed by atoms with Gasteiger partial charge < -0.3 is 15.7 Å². The van der Waals surface area contributed by atoms with E-state index in [-0.39, 0.29) is 12.5 Å². The molecule has 1 saturated heterocycles. The minimum Gasteiger partial charge on any atom is -0.396 e. The first-order valence-electron chi connectivity index (χ1n) is 5.51. The van der Waals surface area contributed by atoms with Crippen molar-refractivity contribution in [3.63, 3.8) is 0 Å². The molecule has 82 valence electrons. The number of aliphatic hydroxyl groups excluding tert-OH is 1. The monoisotopic (exact) mass is 206 g/mol. The number of nitrogens with one attached hydrogen (secondary N) is 2. The van der Waals surface area contributed by atoms with Crippen LogP contribution in [0.2, 0.25) is 0 Å². The molecule has 1 aliphatic rings. The van der Waals surface area contributed by atoms with Gasteiger partial charge in [-0.2, -0.15) is 0 Å². The van der Waals surface area contributed by atoms with Crippen molar-refractivity contribution in [1.29, 1.82) is 0 Å². The molecule has 1 fully saturated rings. The quantitative estimate of drug-likeness (QED) is 0.667. The molecule has 2 rings (SSSR count). The van der Waals surface area contributed by atoms with Gasteiger partial charge in [0.15, 0.2) is 0 Å². The largest absolute Gasteiger partial charge is 0.396 e. The van der Waals surface area contributed by atoms with Crippen molar-refractivity contribution >= 4 is 0 Å². The lowest BCUT2D eigenvalue weighted by Crippen LogP contribution is -2.51. The van der Waals surface area contributed by atoms with Crippen molar-refractivity contribution in [3.05, 3.63) is 35.9 Å². The Morgan fingerprint density at radius 1 is 1.27 bits per heavy atom. The zero-order chi connectivity index (χ0) is 10.5. The summed E-state index contributed by atoms with van der Waals surface area (Å²) in [5.74, 6) is 0.194. The second kappa shape index (κ2) is 5.26. The molecule has 15 heavy (non-hydrogen) atoms. The highest BCUT2D eigenvalue weighted by molar-refractivity contribution is 5.21. The van der Waals surface area contributed by atoms with Gasteiger partial charge in [-0.05, 0) is 5.56 Å². The molecule has 2 atom stereocenters. The van der Waals surface area contributed by atoms with Crippen molar-refractivity contribution in [3.8, 4) is 0 Å². The summed E-state index contributed by atoms with van der Waals surface area (Å²) >= 11 is 0. The number of rotatable bonds is 3. The summed E-state index contributed by atoms with van der Waals surface area (Å²) in [7, 11) is 0. The Hall–Kier alpha value is -0.900. The first kappa shape index (κ1) is 10.6. The highest BCUT2D eigenvalue weighted by Gasteiger charge is 2.23. The summed E-state index contributed by atoms with van der Waals surface area (Å²) in [4.78, 5) is 0. The molecule has 1 aromatic rings. The number of benzene rings is 1. The van der Waals surface area contributed by atoms with Gasteiger partial charge in [0.05, 0.1) is 6.61 Å². The van der Waals surface area contributed by atoms with Crippen LogP contribution in [0.4, 0.5) is 0 Å². The van der Waals surface area contributed by atoms with E-state index in [4.69, 9.17) is 0 Å². The molecule has 0 aromatic heterocycles. The van der Waals surface area contributed by atoms with Crippen LogP contribution in [0, 0.1) is 0 Å². The number of hydrogen-bond acceptors (Lipinski definition) is 3. The second-order valence-electron chi connectivity index (χ2n) is 3.96. The molecule has 1 aliphatic heterocycles. The zero-order valence-corrected chi connectivity index (χ0v) is 8.82. The summed E-state index contributed by atoms with van der Waals surface area (Å²) in [5.41, 5.74) is 1.21. The third kappa shape index (κ3) is 2.56. The SMILES string of the molecule is OC[C@@H](c1ccccc1)C1CNCCN1. The number of piperazine rings is 1. The number of hydrogen-bond donors (Lipinski definition) is 3. The van der Waals surface area contributed by atoms with Crippen LogP contribution in [0.15, 0.2) is 30.3 Å². The summed E-state index contributed by atoms with van der Waals surface area (Å²) in [6.45, 7) is 3.13. The second-order valence-corrected chi connectivity index (χ2v) is 3.96. The molecular weight excluding hydrogens is 188 g/mol. The average Bonchev–Trinajstić information content (AvgIpc) is 2.33. The fourth-order valence-corrected chi connectivity index (χ4v) is 2.13. The van der Waals surface area contributed by atoms with Gasteiger partial charge in [0.25, 0.3) is 0 Å². The molecule has 0 aliphatic carbocycles. The van der Waals surface area contributed by atoms with Crippen LogP contribution >= 0.6 is 0 Å². The lowest BCUT2D eigenvalue weighted by atomic mass is 9.91. The van der Waals surface area contributed by atoms with Crippen molar-refractivity contribution < 1.29 is 5.11 Å². The van der Waals surface area contributed by atoms with E-state index in [0.29, 0.717) is 6.04 Å². The van der Waals surface area contributed by atoms with Gasteiger partial charge in [0, 0.05) is 31.6 Å². The Balaban J connectivity index is 2.09. The predicted octanol–water partition coefficient (Wildman–Crippen LogP) is 0.324. The van der Waals surface area contributed by atoms with Crippen molar-refractivity contribution in [1.82, 2.24) is 10.6 Å². The highest BCUT2D eigenvalue weighted by atomic mass is 16.3. The molecule has 1 aromatic carbocycles. The van der Waals surface area contributed by atoms with E-state index in [1.54, 1.807) is 0 Å². The maximum Gasteiger partial charge on any atom is 0.0515 e. The van der Waals surface area contributed by atoms with Gasteiger partial charge in [-0.25, -0.2) is 0 Å². The molecule has 1 unspecified atom stereocenters.